The lowest BCUT2D eigenvalue weighted by Gasteiger charge is -2.10. The molecule has 0 rings (SSSR count). The molecule has 0 amide bonds. The fourth-order valence-electron chi connectivity index (χ4n) is 1.05. The zero-order valence-electron chi connectivity index (χ0n) is 8.78. The van der Waals surface area contributed by atoms with Gasteiger partial charge in [-0.3, -0.25) is 0 Å². The SMILES string of the molecule is CCCCS(=O)(=O)NC(C#N)CCC. The first-order valence-corrected chi connectivity index (χ1v) is 6.60. The molecule has 0 saturated heterocycles. The fraction of sp³-hybridized carbons (Fsp3) is 0.889. The molecule has 82 valence electrons. The van der Waals surface area contributed by atoms with E-state index >= 15 is 0 Å². The van der Waals surface area contributed by atoms with Gasteiger partial charge < -0.3 is 0 Å². The zero-order valence-corrected chi connectivity index (χ0v) is 9.60. The number of nitrogens with one attached hydrogen (secondary N) is 1. The molecule has 0 radical (unpaired) electrons. The average Bonchev–Trinajstić information content (AvgIpc) is 2.14. The normalized spacial score (nSPS) is 13.5. The van der Waals surface area contributed by atoms with Crippen LogP contribution in [0.3, 0.4) is 0 Å². The molecule has 1 atom stereocenters. The van der Waals surface area contributed by atoms with Crippen LogP contribution in [0.2, 0.25) is 0 Å². The van der Waals surface area contributed by atoms with Gasteiger partial charge in [0.15, 0.2) is 0 Å². The summed E-state index contributed by atoms with van der Waals surface area (Å²) in [4.78, 5) is 0. The van der Waals surface area contributed by atoms with Crippen molar-refractivity contribution in [1.29, 1.82) is 5.26 Å². The highest BCUT2D eigenvalue weighted by molar-refractivity contribution is 7.89. The number of sulfonamides is 1. The maximum Gasteiger partial charge on any atom is 0.212 e. The summed E-state index contributed by atoms with van der Waals surface area (Å²) in [6.45, 7) is 3.86. The quantitative estimate of drug-likeness (QED) is 0.702. The predicted octanol–water partition coefficient (Wildman–Crippen LogP) is 1.40. The van der Waals surface area contributed by atoms with Crippen molar-refractivity contribution in [3.63, 3.8) is 0 Å². The van der Waals surface area contributed by atoms with Gasteiger partial charge in [-0.05, 0) is 12.8 Å². The molecule has 0 aliphatic rings. The first kappa shape index (κ1) is 13.4. The van der Waals surface area contributed by atoms with Crippen LogP contribution in [0.15, 0.2) is 0 Å². The Bertz CT molecular complexity index is 280. The van der Waals surface area contributed by atoms with Gasteiger partial charge in [0.1, 0.15) is 6.04 Å². The molecule has 0 aromatic heterocycles. The van der Waals surface area contributed by atoms with Crippen LogP contribution in [0.5, 0.6) is 0 Å². The molecule has 14 heavy (non-hydrogen) atoms. The summed E-state index contributed by atoms with van der Waals surface area (Å²) in [5.74, 6) is 0.116. The Morgan fingerprint density at radius 1 is 1.36 bits per heavy atom. The Morgan fingerprint density at radius 3 is 2.43 bits per heavy atom. The van der Waals surface area contributed by atoms with Crippen molar-refractivity contribution in [2.45, 2.75) is 45.6 Å². The van der Waals surface area contributed by atoms with Crippen LogP contribution in [0, 0.1) is 11.3 Å². The molecular weight excluding hydrogens is 200 g/mol. The van der Waals surface area contributed by atoms with Crippen molar-refractivity contribution >= 4 is 10.0 Å². The van der Waals surface area contributed by atoms with Gasteiger partial charge in [0, 0.05) is 0 Å². The topological polar surface area (TPSA) is 70.0 Å². The maximum atomic E-state index is 11.4. The van der Waals surface area contributed by atoms with Crippen LogP contribution in [0.4, 0.5) is 0 Å². The summed E-state index contributed by atoms with van der Waals surface area (Å²) in [7, 11) is -3.25. The van der Waals surface area contributed by atoms with E-state index in [1.54, 1.807) is 0 Å². The Balaban J connectivity index is 4.13. The second-order valence-electron chi connectivity index (χ2n) is 3.26. The molecule has 0 aromatic carbocycles. The lowest BCUT2D eigenvalue weighted by Crippen LogP contribution is -2.35. The van der Waals surface area contributed by atoms with Crippen molar-refractivity contribution in [2.75, 3.05) is 5.75 Å². The highest BCUT2D eigenvalue weighted by atomic mass is 32.2. The Morgan fingerprint density at radius 2 is 2.00 bits per heavy atom. The number of unbranched alkanes of at least 4 members (excludes halogenated alkanes) is 1. The summed E-state index contributed by atoms with van der Waals surface area (Å²) >= 11 is 0. The Labute approximate surface area is 86.4 Å². The molecular formula is C9H18N2O2S. The van der Waals surface area contributed by atoms with E-state index in [1.807, 2.05) is 19.9 Å². The predicted molar refractivity (Wildman–Crippen MR) is 56.1 cm³/mol. The number of hydrogen-bond acceptors (Lipinski definition) is 3. The third kappa shape index (κ3) is 5.95. The monoisotopic (exact) mass is 218 g/mol. The standard InChI is InChI=1S/C9H18N2O2S/c1-3-5-7-14(12,13)11-9(8-10)6-4-2/h9,11H,3-7H2,1-2H3. The summed E-state index contributed by atoms with van der Waals surface area (Å²) in [5, 5.41) is 8.67. The van der Waals surface area contributed by atoms with Crippen molar-refractivity contribution in [1.82, 2.24) is 4.72 Å². The summed E-state index contributed by atoms with van der Waals surface area (Å²) < 4.78 is 25.1. The van der Waals surface area contributed by atoms with Crippen molar-refractivity contribution in [2.24, 2.45) is 0 Å². The maximum absolute atomic E-state index is 11.4. The van der Waals surface area contributed by atoms with E-state index in [9.17, 15) is 8.42 Å². The first-order chi connectivity index (χ1) is 6.55. The summed E-state index contributed by atoms with van der Waals surface area (Å²) in [6.07, 6.45) is 2.85. The van der Waals surface area contributed by atoms with Crippen LogP contribution in [0.25, 0.3) is 0 Å². The van der Waals surface area contributed by atoms with Gasteiger partial charge in [0.25, 0.3) is 0 Å². The molecule has 0 fully saturated rings. The molecule has 4 nitrogen and oxygen atoms in total. The van der Waals surface area contributed by atoms with Crippen molar-refractivity contribution in [3.05, 3.63) is 0 Å². The van der Waals surface area contributed by atoms with E-state index in [1.165, 1.54) is 0 Å². The molecule has 1 N–H and O–H groups in total. The van der Waals surface area contributed by atoms with Crippen LogP contribution in [-0.2, 0) is 10.0 Å². The second kappa shape index (κ2) is 6.80. The highest BCUT2D eigenvalue weighted by Crippen LogP contribution is 2.00. The Hall–Kier alpha value is -0.600. The van der Waals surface area contributed by atoms with Gasteiger partial charge in [0.05, 0.1) is 11.8 Å². The first-order valence-electron chi connectivity index (χ1n) is 4.95. The third-order valence-electron chi connectivity index (χ3n) is 1.82. The number of nitrogens with zero attached hydrogens (tertiary/aromatic N) is 1. The number of nitriles is 1. The van der Waals surface area contributed by atoms with Gasteiger partial charge in [-0.2, -0.15) is 9.98 Å². The van der Waals surface area contributed by atoms with Gasteiger partial charge >= 0.3 is 0 Å². The third-order valence-corrected chi connectivity index (χ3v) is 3.29. The highest BCUT2D eigenvalue weighted by Gasteiger charge is 2.15. The van der Waals surface area contributed by atoms with Crippen LogP contribution >= 0.6 is 0 Å². The van der Waals surface area contributed by atoms with Crippen LogP contribution < -0.4 is 4.72 Å². The fourth-order valence-corrected chi connectivity index (χ4v) is 2.44. The van der Waals surface area contributed by atoms with Gasteiger partial charge in [0.2, 0.25) is 10.0 Å². The van der Waals surface area contributed by atoms with Crippen LogP contribution in [-0.4, -0.2) is 20.2 Å². The zero-order chi connectivity index (χ0) is 11.0. The second-order valence-corrected chi connectivity index (χ2v) is 5.13. The van der Waals surface area contributed by atoms with E-state index in [0.717, 1.165) is 12.8 Å². The minimum atomic E-state index is -3.25. The lowest BCUT2D eigenvalue weighted by atomic mass is 10.2. The summed E-state index contributed by atoms with van der Waals surface area (Å²) in [5.41, 5.74) is 0. The number of hydrogen-bond donors (Lipinski definition) is 1. The van der Waals surface area contributed by atoms with E-state index in [2.05, 4.69) is 4.72 Å². The van der Waals surface area contributed by atoms with E-state index in [0.29, 0.717) is 12.8 Å². The average molecular weight is 218 g/mol. The molecule has 0 aliphatic heterocycles. The molecule has 0 aliphatic carbocycles. The molecule has 0 heterocycles. The minimum absolute atomic E-state index is 0.116. The van der Waals surface area contributed by atoms with E-state index in [-0.39, 0.29) is 5.75 Å². The molecule has 0 aromatic rings. The molecule has 0 spiro atoms. The molecule has 5 heteroatoms. The van der Waals surface area contributed by atoms with Gasteiger partial charge in [-0.25, -0.2) is 8.42 Å². The van der Waals surface area contributed by atoms with Crippen molar-refractivity contribution < 1.29 is 8.42 Å². The molecule has 0 bridgehead atoms. The summed E-state index contributed by atoms with van der Waals surface area (Å²) in [6, 6.07) is 1.38. The van der Waals surface area contributed by atoms with E-state index < -0.39 is 16.1 Å². The smallest absolute Gasteiger partial charge is 0.212 e. The van der Waals surface area contributed by atoms with Crippen LogP contribution in [0.1, 0.15) is 39.5 Å². The minimum Gasteiger partial charge on any atom is -0.212 e. The van der Waals surface area contributed by atoms with Gasteiger partial charge in [-0.15, -0.1) is 0 Å². The molecule has 1 unspecified atom stereocenters. The number of rotatable bonds is 7. The van der Waals surface area contributed by atoms with E-state index in [4.69, 9.17) is 5.26 Å². The van der Waals surface area contributed by atoms with Crippen molar-refractivity contribution in [3.8, 4) is 6.07 Å². The van der Waals surface area contributed by atoms with Gasteiger partial charge in [-0.1, -0.05) is 26.7 Å². The largest absolute Gasteiger partial charge is 0.212 e. The molecule has 0 saturated carbocycles. The Kier molecular flexibility index (Phi) is 6.50. The lowest BCUT2D eigenvalue weighted by molar-refractivity contribution is 0.560.